The third kappa shape index (κ3) is 1.97. The molecule has 80 valence electrons. The minimum Gasteiger partial charge on any atom is -0.192 e. The Morgan fingerprint density at radius 2 is 2.00 bits per heavy atom. The predicted octanol–water partition coefficient (Wildman–Crippen LogP) is 3.71. The summed E-state index contributed by atoms with van der Waals surface area (Å²) in [6.45, 7) is 2.05. The molecule has 0 spiro atoms. The van der Waals surface area contributed by atoms with Gasteiger partial charge in [0.15, 0.2) is 0 Å². The second kappa shape index (κ2) is 4.69. The molecule has 0 aliphatic heterocycles. The van der Waals surface area contributed by atoms with Gasteiger partial charge >= 0.3 is 0 Å². The van der Waals surface area contributed by atoms with Gasteiger partial charge in [-0.1, -0.05) is 29.8 Å². The number of benzene rings is 1. The Morgan fingerprint density at radius 3 is 2.56 bits per heavy atom. The Hall–Kier alpha value is -1.31. The van der Waals surface area contributed by atoms with E-state index in [1.165, 1.54) is 28.9 Å². The van der Waals surface area contributed by atoms with E-state index in [1.807, 2.05) is 18.4 Å². The number of hydrogen-bond donors (Lipinski definition) is 0. The van der Waals surface area contributed by atoms with Gasteiger partial charge in [-0.2, -0.15) is 9.64 Å². The fourth-order valence-electron chi connectivity index (χ4n) is 1.42. The molecule has 0 fully saturated rings. The first-order valence-corrected chi connectivity index (χ1v) is 6.77. The summed E-state index contributed by atoms with van der Waals surface area (Å²) >= 11 is 2.91. The Balaban J connectivity index is 2.52. The van der Waals surface area contributed by atoms with Crippen LogP contribution in [0.4, 0.5) is 0 Å². The molecule has 0 N–H and O–H groups in total. The topological polar surface area (TPSA) is 36.7 Å². The van der Waals surface area contributed by atoms with Gasteiger partial charge in [-0.15, -0.1) is 11.8 Å². The van der Waals surface area contributed by atoms with Crippen LogP contribution < -0.4 is 0 Å². The first-order valence-electron chi connectivity index (χ1n) is 4.77. The van der Waals surface area contributed by atoms with Crippen molar-refractivity contribution in [1.82, 2.24) is 4.37 Å². The van der Waals surface area contributed by atoms with Gasteiger partial charge in [0.05, 0.1) is 4.88 Å². The van der Waals surface area contributed by atoms with Crippen LogP contribution in [0.3, 0.4) is 0 Å². The maximum Gasteiger partial charge on any atom is 0.128 e. The summed E-state index contributed by atoms with van der Waals surface area (Å²) in [6.07, 6.45) is 1.94. The fourth-order valence-corrected chi connectivity index (χ4v) is 2.98. The summed E-state index contributed by atoms with van der Waals surface area (Å²) in [4.78, 5) is 0.965. The highest BCUT2D eigenvalue weighted by Crippen LogP contribution is 2.33. The van der Waals surface area contributed by atoms with Crippen molar-refractivity contribution in [2.75, 3.05) is 6.26 Å². The average Bonchev–Trinajstić information content (AvgIpc) is 2.72. The van der Waals surface area contributed by atoms with E-state index in [0.717, 1.165) is 15.5 Å². The molecule has 0 saturated carbocycles. The molecule has 2 rings (SSSR count). The standard InChI is InChI=1S/C12H10N2S2/c1-8-3-5-9(6-4-8)11-10(7-13)12(15-2)14-16-11/h3-6H,1-2H3. The Labute approximate surface area is 103 Å². The summed E-state index contributed by atoms with van der Waals surface area (Å²) in [7, 11) is 0. The van der Waals surface area contributed by atoms with Crippen LogP contribution in [0.1, 0.15) is 11.1 Å². The largest absolute Gasteiger partial charge is 0.192 e. The molecule has 0 aliphatic rings. The van der Waals surface area contributed by atoms with Crippen LogP contribution >= 0.6 is 23.3 Å². The van der Waals surface area contributed by atoms with Gasteiger partial charge < -0.3 is 0 Å². The second-order valence-electron chi connectivity index (χ2n) is 3.37. The van der Waals surface area contributed by atoms with Crippen LogP contribution in [0.2, 0.25) is 0 Å². The highest BCUT2D eigenvalue weighted by atomic mass is 32.2. The van der Waals surface area contributed by atoms with Gasteiger partial charge in [-0.25, -0.2) is 0 Å². The van der Waals surface area contributed by atoms with E-state index < -0.39 is 0 Å². The summed E-state index contributed by atoms with van der Waals surface area (Å²) in [5, 5.41) is 9.96. The molecule has 0 aliphatic carbocycles. The monoisotopic (exact) mass is 246 g/mol. The number of nitrogens with zero attached hydrogens (tertiary/aromatic N) is 2. The van der Waals surface area contributed by atoms with Crippen LogP contribution in [-0.2, 0) is 0 Å². The number of thioether (sulfide) groups is 1. The zero-order chi connectivity index (χ0) is 11.5. The van der Waals surface area contributed by atoms with Gasteiger partial charge in [0.2, 0.25) is 0 Å². The Kier molecular flexibility index (Phi) is 3.28. The van der Waals surface area contributed by atoms with E-state index in [2.05, 4.69) is 29.5 Å². The van der Waals surface area contributed by atoms with Crippen molar-refractivity contribution in [2.24, 2.45) is 0 Å². The second-order valence-corrected chi connectivity index (χ2v) is 4.94. The van der Waals surface area contributed by atoms with Gasteiger partial charge in [-0.3, -0.25) is 0 Å². The number of nitriles is 1. The fraction of sp³-hybridized carbons (Fsp3) is 0.167. The van der Waals surface area contributed by atoms with Crippen molar-refractivity contribution < 1.29 is 0 Å². The molecular formula is C12H10N2S2. The molecule has 0 bridgehead atoms. The Morgan fingerprint density at radius 1 is 1.31 bits per heavy atom. The zero-order valence-electron chi connectivity index (χ0n) is 9.02. The van der Waals surface area contributed by atoms with Crippen molar-refractivity contribution in [2.45, 2.75) is 11.9 Å². The minimum atomic E-state index is 0.696. The van der Waals surface area contributed by atoms with E-state index in [-0.39, 0.29) is 0 Å². The van der Waals surface area contributed by atoms with Crippen molar-refractivity contribution in [3.63, 3.8) is 0 Å². The molecule has 4 heteroatoms. The lowest BCUT2D eigenvalue weighted by Crippen LogP contribution is -1.80. The van der Waals surface area contributed by atoms with Crippen LogP contribution in [0.25, 0.3) is 10.4 Å². The van der Waals surface area contributed by atoms with E-state index in [9.17, 15) is 0 Å². The minimum absolute atomic E-state index is 0.696. The van der Waals surface area contributed by atoms with Crippen molar-refractivity contribution in [1.29, 1.82) is 5.26 Å². The van der Waals surface area contributed by atoms with E-state index in [1.54, 1.807) is 0 Å². The number of aryl methyl sites for hydroxylation is 1. The maximum atomic E-state index is 9.14. The van der Waals surface area contributed by atoms with E-state index in [4.69, 9.17) is 5.26 Å². The highest BCUT2D eigenvalue weighted by molar-refractivity contribution is 7.98. The SMILES string of the molecule is CSc1nsc(-c2ccc(C)cc2)c1C#N. The van der Waals surface area contributed by atoms with Gasteiger partial charge in [0.25, 0.3) is 0 Å². The molecule has 0 amide bonds. The molecule has 16 heavy (non-hydrogen) atoms. The average molecular weight is 246 g/mol. The quantitative estimate of drug-likeness (QED) is 0.758. The van der Waals surface area contributed by atoms with Crippen LogP contribution in [0, 0.1) is 18.3 Å². The smallest absolute Gasteiger partial charge is 0.128 e. The molecule has 0 atom stereocenters. The normalized spacial score (nSPS) is 10.1. The number of rotatable bonds is 2. The van der Waals surface area contributed by atoms with Gasteiger partial charge in [-0.05, 0) is 30.3 Å². The van der Waals surface area contributed by atoms with E-state index in [0.29, 0.717) is 5.56 Å². The van der Waals surface area contributed by atoms with Gasteiger partial charge in [0.1, 0.15) is 16.7 Å². The molecule has 0 unspecified atom stereocenters. The van der Waals surface area contributed by atoms with Crippen molar-refractivity contribution in [3.05, 3.63) is 35.4 Å². The molecular weight excluding hydrogens is 236 g/mol. The predicted molar refractivity (Wildman–Crippen MR) is 68.8 cm³/mol. The molecule has 0 radical (unpaired) electrons. The zero-order valence-corrected chi connectivity index (χ0v) is 10.7. The molecule has 1 aromatic carbocycles. The van der Waals surface area contributed by atoms with Crippen LogP contribution in [-0.4, -0.2) is 10.6 Å². The first-order chi connectivity index (χ1) is 7.76. The highest BCUT2D eigenvalue weighted by Gasteiger charge is 2.13. The van der Waals surface area contributed by atoms with E-state index >= 15 is 0 Å². The van der Waals surface area contributed by atoms with Crippen molar-refractivity contribution >= 4 is 23.3 Å². The third-order valence-electron chi connectivity index (χ3n) is 2.28. The van der Waals surface area contributed by atoms with Gasteiger partial charge in [0, 0.05) is 0 Å². The van der Waals surface area contributed by atoms with Crippen LogP contribution in [0.15, 0.2) is 29.3 Å². The Bertz CT molecular complexity index is 535. The summed E-state index contributed by atoms with van der Waals surface area (Å²) in [5.74, 6) is 0. The maximum absolute atomic E-state index is 9.14. The lowest BCUT2D eigenvalue weighted by Gasteiger charge is -1.98. The lowest BCUT2D eigenvalue weighted by molar-refractivity contribution is 1.26. The molecule has 2 aromatic rings. The number of aromatic nitrogens is 1. The molecule has 2 nitrogen and oxygen atoms in total. The van der Waals surface area contributed by atoms with Crippen molar-refractivity contribution in [3.8, 4) is 16.5 Å². The summed E-state index contributed by atoms with van der Waals surface area (Å²) < 4.78 is 4.29. The number of hydrogen-bond acceptors (Lipinski definition) is 4. The molecule has 1 aromatic heterocycles. The molecule has 1 heterocycles. The summed E-state index contributed by atoms with van der Waals surface area (Å²) in [5.41, 5.74) is 2.98. The lowest BCUT2D eigenvalue weighted by atomic mass is 10.1. The summed E-state index contributed by atoms with van der Waals surface area (Å²) in [6, 6.07) is 10.4. The first kappa shape index (κ1) is 11.2. The molecule has 0 saturated heterocycles. The third-order valence-corrected chi connectivity index (χ3v) is 3.97. The van der Waals surface area contributed by atoms with Crippen LogP contribution in [0.5, 0.6) is 0 Å².